The minimum absolute atomic E-state index is 0.0151. The van der Waals surface area contributed by atoms with Crippen molar-refractivity contribution < 1.29 is 14.3 Å². The molecule has 2 heterocycles. The summed E-state index contributed by atoms with van der Waals surface area (Å²) in [5.41, 5.74) is 1.34. The summed E-state index contributed by atoms with van der Waals surface area (Å²) in [7, 11) is 1.50. The summed E-state index contributed by atoms with van der Waals surface area (Å²) >= 11 is 0. The Labute approximate surface area is 219 Å². The zero-order valence-electron chi connectivity index (χ0n) is 21.3. The Morgan fingerprint density at radius 2 is 1.45 bits per heavy atom. The van der Waals surface area contributed by atoms with Gasteiger partial charge >= 0.3 is 5.69 Å². The number of carbonyl (C=O) groups excluding carboxylic acids is 2. The predicted molar refractivity (Wildman–Crippen MR) is 144 cm³/mol. The Morgan fingerprint density at radius 1 is 0.816 bits per heavy atom. The molecular formula is C29H28N4O5. The minimum Gasteiger partial charge on any atom is -0.495 e. The highest BCUT2D eigenvalue weighted by Gasteiger charge is 2.23. The number of methoxy groups -OCH3 is 1. The fourth-order valence-electron chi connectivity index (χ4n) is 4.84. The van der Waals surface area contributed by atoms with Crippen molar-refractivity contribution in [1.29, 1.82) is 0 Å². The van der Waals surface area contributed by atoms with Crippen molar-refractivity contribution in [2.75, 3.05) is 33.3 Å². The standard InChI is InChI=1S/C29H28N4O5/c1-20(34)30-15-17-31(18-16-30)27(35)22-13-11-21(12-14-22)19-32-24-8-4-3-7-23(24)28(36)33(29(32)37)25-9-5-6-10-26(25)38-2/h3-14H,15-19H2,1-2H3. The molecule has 0 saturated carbocycles. The number of hydrogen-bond acceptors (Lipinski definition) is 5. The van der Waals surface area contributed by atoms with E-state index < -0.39 is 11.2 Å². The molecule has 0 N–H and O–H groups in total. The zero-order valence-corrected chi connectivity index (χ0v) is 21.3. The Morgan fingerprint density at radius 3 is 2.13 bits per heavy atom. The lowest BCUT2D eigenvalue weighted by Crippen LogP contribution is -2.50. The first-order valence-corrected chi connectivity index (χ1v) is 12.4. The van der Waals surface area contributed by atoms with Crippen molar-refractivity contribution in [3.8, 4) is 11.4 Å². The van der Waals surface area contributed by atoms with Crippen molar-refractivity contribution in [3.63, 3.8) is 0 Å². The van der Waals surface area contributed by atoms with Crippen LogP contribution in [-0.4, -0.2) is 64.0 Å². The first-order chi connectivity index (χ1) is 18.4. The van der Waals surface area contributed by atoms with E-state index in [9.17, 15) is 19.2 Å². The molecule has 0 unspecified atom stereocenters. The molecule has 5 rings (SSSR count). The molecule has 0 bridgehead atoms. The van der Waals surface area contributed by atoms with E-state index in [0.717, 1.165) is 10.1 Å². The minimum atomic E-state index is -0.485. The van der Waals surface area contributed by atoms with Gasteiger partial charge in [0, 0.05) is 38.7 Å². The van der Waals surface area contributed by atoms with Crippen LogP contribution >= 0.6 is 0 Å². The second kappa shape index (κ2) is 10.4. The highest BCUT2D eigenvalue weighted by Crippen LogP contribution is 2.21. The average molecular weight is 513 g/mol. The maximum absolute atomic E-state index is 13.7. The van der Waals surface area contributed by atoms with Crippen LogP contribution < -0.4 is 16.0 Å². The monoisotopic (exact) mass is 512 g/mol. The summed E-state index contributed by atoms with van der Waals surface area (Å²) in [4.78, 5) is 55.1. The summed E-state index contributed by atoms with van der Waals surface area (Å²) < 4.78 is 8.12. The summed E-state index contributed by atoms with van der Waals surface area (Å²) in [6.45, 7) is 3.78. The van der Waals surface area contributed by atoms with Crippen LogP contribution in [0.25, 0.3) is 16.6 Å². The quantitative estimate of drug-likeness (QED) is 0.410. The van der Waals surface area contributed by atoms with Gasteiger partial charge in [0.2, 0.25) is 5.91 Å². The predicted octanol–water partition coefficient (Wildman–Crippen LogP) is 2.51. The van der Waals surface area contributed by atoms with Gasteiger partial charge in [-0.15, -0.1) is 0 Å². The molecule has 38 heavy (non-hydrogen) atoms. The van der Waals surface area contributed by atoms with E-state index in [-0.39, 0.29) is 18.4 Å². The zero-order chi connectivity index (χ0) is 26.8. The van der Waals surface area contributed by atoms with Crippen LogP contribution in [0.2, 0.25) is 0 Å². The molecule has 3 aromatic carbocycles. The SMILES string of the molecule is COc1ccccc1-n1c(=O)c2ccccc2n(Cc2ccc(C(=O)N3CCN(C(C)=O)CC3)cc2)c1=O. The van der Waals surface area contributed by atoms with Crippen LogP contribution in [0.1, 0.15) is 22.8 Å². The molecule has 9 nitrogen and oxygen atoms in total. The first kappa shape index (κ1) is 25.0. The van der Waals surface area contributed by atoms with Crippen molar-refractivity contribution in [2.24, 2.45) is 0 Å². The fraction of sp³-hybridized carbons (Fsp3) is 0.241. The van der Waals surface area contributed by atoms with Crippen molar-refractivity contribution in [2.45, 2.75) is 13.5 Å². The number of ether oxygens (including phenoxy) is 1. The van der Waals surface area contributed by atoms with Crippen molar-refractivity contribution >= 4 is 22.7 Å². The van der Waals surface area contributed by atoms with Crippen LogP contribution in [0.15, 0.2) is 82.4 Å². The molecule has 0 radical (unpaired) electrons. The lowest BCUT2D eigenvalue weighted by atomic mass is 10.1. The Bertz CT molecular complexity index is 1630. The highest BCUT2D eigenvalue weighted by molar-refractivity contribution is 5.94. The summed E-state index contributed by atoms with van der Waals surface area (Å²) in [6.07, 6.45) is 0. The van der Waals surface area contributed by atoms with Crippen LogP contribution in [0.5, 0.6) is 5.75 Å². The maximum Gasteiger partial charge on any atom is 0.336 e. The Balaban J connectivity index is 1.48. The number of para-hydroxylation sites is 3. The number of piperazine rings is 1. The number of hydrogen-bond donors (Lipinski definition) is 0. The lowest BCUT2D eigenvalue weighted by molar-refractivity contribution is -0.130. The second-order valence-electron chi connectivity index (χ2n) is 9.19. The van der Waals surface area contributed by atoms with Gasteiger partial charge in [0.25, 0.3) is 11.5 Å². The molecule has 4 aromatic rings. The van der Waals surface area contributed by atoms with E-state index in [1.807, 2.05) is 12.1 Å². The van der Waals surface area contributed by atoms with Crippen molar-refractivity contribution in [3.05, 3.63) is 105 Å². The largest absolute Gasteiger partial charge is 0.495 e. The third-order valence-corrected chi connectivity index (χ3v) is 6.93. The Hall–Kier alpha value is -4.66. The van der Waals surface area contributed by atoms with Gasteiger partial charge in [-0.3, -0.25) is 19.0 Å². The number of fused-ring (bicyclic) bond motifs is 1. The third kappa shape index (κ3) is 4.58. The van der Waals surface area contributed by atoms with Gasteiger partial charge in [0.1, 0.15) is 5.75 Å². The molecule has 1 saturated heterocycles. The van der Waals surface area contributed by atoms with E-state index in [1.165, 1.54) is 14.0 Å². The number of aromatic nitrogens is 2. The fourth-order valence-corrected chi connectivity index (χ4v) is 4.84. The molecule has 1 fully saturated rings. The van der Waals surface area contributed by atoms with E-state index in [2.05, 4.69) is 0 Å². The normalized spacial score (nSPS) is 13.5. The van der Waals surface area contributed by atoms with Crippen molar-refractivity contribution in [1.82, 2.24) is 18.9 Å². The van der Waals surface area contributed by atoms with Gasteiger partial charge in [-0.05, 0) is 42.0 Å². The van der Waals surface area contributed by atoms with E-state index in [0.29, 0.717) is 54.1 Å². The molecule has 0 spiro atoms. The van der Waals surface area contributed by atoms with Gasteiger partial charge in [-0.2, -0.15) is 0 Å². The molecule has 1 aliphatic heterocycles. The summed E-state index contributed by atoms with van der Waals surface area (Å²) in [5, 5.41) is 0.412. The third-order valence-electron chi connectivity index (χ3n) is 6.93. The first-order valence-electron chi connectivity index (χ1n) is 12.4. The van der Waals surface area contributed by atoms with Gasteiger partial charge in [-0.1, -0.05) is 36.4 Å². The molecule has 9 heteroatoms. The van der Waals surface area contributed by atoms with Gasteiger partial charge < -0.3 is 14.5 Å². The van der Waals surface area contributed by atoms with Gasteiger partial charge in [0.05, 0.1) is 30.2 Å². The number of benzene rings is 3. The maximum atomic E-state index is 13.7. The number of rotatable bonds is 5. The van der Waals surface area contributed by atoms with Crippen LogP contribution in [-0.2, 0) is 11.3 Å². The molecule has 0 atom stereocenters. The molecule has 2 amide bonds. The number of amides is 2. The molecule has 0 aliphatic carbocycles. The molecule has 1 aliphatic rings. The molecular weight excluding hydrogens is 484 g/mol. The van der Waals surface area contributed by atoms with E-state index in [4.69, 9.17) is 4.74 Å². The highest BCUT2D eigenvalue weighted by atomic mass is 16.5. The topological polar surface area (TPSA) is 93.8 Å². The van der Waals surface area contributed by atoms with Gasteiger partial charge in [0.15, 0.2) is 0 Å². The second-order valence-corrected chi connectivity index (χ2v) is 9.19. The van der Waals surface area contributed by atoms with Crippen LogP contribution in [0, 0.1) is 0 Å². The number of carbonyl (C=O) groups is 2. The molecule has 1 aromatic heterocycles. The smallest absolute Gasteiger partial charge is 0.336 e. The molecule has 194 valence electrons. The van der Waals surface area contributed by atoms with Crippen LogP contribution in [0.3, 0.4) is 0 Å². The lowest BCUT2D eigenvalue weighted by Gasteiger charge is -2.34. The van der Waals surface area contributed by atoms with E-state index in [1.54, 1.807) is 75.0 Å². The van der Waals surface area contributed by atoms with E-state index >= 15 is 0 Å². The number of nitrogens with zero attached hydrogens (tertiary/aromatic N) is 4. The Kier molecular flexibility index (Phi) is 6.83. The van der Waals surface area contributed by atoms with Gasteiger partial charge in [-0.25, -0.2) is 9.36 Å². The summed E-state index contributed by atoms with van der Waals surface area (Å²) in [5.74, 6) is 0.342. The average Bonchev–Trinajstić information content (AvgIpc) is 2.95. The summed E-state index contributed by atoms with van der Waals surface area (Å²) in [6, 6.07) is 21.1. The van der Waals surface area contributed by atoms with Crippen LogP contribution in [0.4, 0.5) is 0 Å².